The number of benzene rings is 1. The Labute approximate surface area is 114 Å². The van der Waals surface area contributed by atoms with E-state index in [0.29, 0.717) is 17.6 Å². The van der Waals surface area contributed by atoms with E-state index in [1.54, 1.807) is 7.05 Å². The van der Waals surface area contributed by atoms with E-state index in [-0.39, 0.29) is 17.9 Å². The van der Waals surface area contributed by atoms with Gasteiger partial charge >= 0.3 is 0 Å². The maximum atomic E-state index is 12.4. The van der Waals surface area contributed by atoms with Crippen LogP contribution in [0.25, 0.3) is 21.9 Å². The molecule has 6 heteroatoms. The molecule has 0 unspecified atom stereocenters. The number of amides is 1. The average Bonchev–Trinajstić information content (AvgIpc) is 2.86. The lowest BCUT2D eigenvalue weighted by molar-refractivity contribution is -0.120. The minimum absolute atomic E-state index is 0.103. The highest BCUT2D eigenvalue weighted by atomic mass is 16.1. The van der Waals surface area contributed by atoms with Crippen LogP contribution in [0.2, 0.25) is 0 Å². The summed E-state index contributed by atoms with van der Waals surface area (Å²) in [6.45, 7) is 0.316. The molecule has 2 heterocycles. The smallest absolute Gasteiger partial charge is 0.277 e. The number of nitrogens with zero attached hydrogens (tertiary/aromatic N) is 2. The molecule has 20 heavy (non-hydrogen) atoms. The largest absolute Gasteiger partial charge is 0.359 e. The van der Waals surface area contributed by atoms with Gasteiger partial charge in [-0.1, -0.05) is 18.2 Å². The number of H-pyrrole nitrogens is 1. The van der Waals surface area contributed by atoms with E-state index in [2.05, 4.69) is 15.3 Å². The van der Waals surface area contributed by atoms with Crippen LogP contribution in [0.3, 0.4) is 0 Å². The summed E-state index contributed by atoms with van der Waals surface area (Å²) in [5, 5.41) is 3.46. The Morgan fingerprint density at radius 2 is 2.20 bits per heavy atom. The van der Waals surface area contributed by atoms with Gasteiger partial charge in [-0.2, -0.15) is 0 Å². The molecule has 0 aliphatic carbocycles. The van der Waals surface area contributed by atoms with Crippen molar-refractivity contribution in [2.45, 2.75) is 13.0 Å². The van der Waals surface area contributed by atoms with Gasteiger partial charge in [0.25, 0.3) is 5.56 Å². The molecule has 0 bridgehead atoms. The molecule has 1 aromatic carbocycles. The first-order chi connectivity index (χ1) is 9.70. The maximum Gasteiger partial charge on any atom is 0.277 e. The zero-order valence-electron chi connectivity index (χ0n) is 11.0. The molecule has 6 nitrogen and oxygen atoms in total. The Balaban J connectivity index is 2.09. The van der Waals surface area contributed by atoms with Crippen molar-refractivity contribution < 1.29 is 4.79 Å². The van der Waals surface area contributed by atoms with Gasteiger partial charge in [0.2, 0.25) is 5.91 Å². The van der Waals surface area contributed by atoms with Gasteiger partial charge in [0.05, 0.1) is 6.33 Å². The van der Waals surface area contributed by atoms with Gasteiger partial charge in [0, 0.05) is 30.9 Å². The standard InChI is InChI=1S/C14H14N4O2/c1-15-11(19)6-7-18-8-16-12-9-4-2-3-5-10(9)17-13(12)14(18)20/h2-5,8,17H,6-7H2,1H3,(H,15,19). The molecule has 2 N–H and O–H groups in total. The van der Waals surface area contributed by atoms with Crippen LogP contribution < -0.4 is 10.9 Å². The Bertz CT molecular complexity index is 847. The van der Waals surface area contributed by atoms with E-state index in [0.717, 1.165) is 10.9 Å². The Morgan fingerprint density at radius 1 is 1.40 bits per heavy atom. The van der Waals surface area contributed by atoms with Crippen molar-refractivity contribution in [2.24, 2.45) is 0 Å². The van der Waals surface area contributed by atoms with Crippen molar-refractivity contribution in [3.63, 3.8) is 0 Å². The minimum Gasteiger partial charge on any atom is -0.359 e. The van der Waals surface area contributed by atoms with Crippen molar-refractivity contribution in [2.75, 3.05) is 7.05 Å². The molecular weight excluding hydrogens is 256 g/mol. The number of aromatic nitrogens is 3. The third kappa shape index (κ3) is 1.95. The highest BCUT2D eigenvalue weighted by molar-refractivity contribution is 6.04. The second-order valence-electron chi connectivity index (χ2n) is 4.56. The van der Waals surface area contributed by atoms with E-state index in [1.807, 2.05) is 24.3 Å². The van der Waals surface area contributed by atoms with Gasteiger partial charge in [-0.05, 0) is 6.07 Å². The lowest BCUT2D eigenvalue weighted by Gasteiger charge is -2.04. The number of carbonyl (C=O) groups excluding carboxylic acids is 1. The molecule has 0 aliphatic rings. The third-order valence-electron chi connectivity index (χ3n) is 3.34. The average molecular weight is 270 g/mol. The summed E-state index contributed by atoms with van der Waals surface area (Å²) >= 11 is 0. The highest BCUT2D eigenvalue weighted by Gasteiger charge is 2.10. The molecular formula is C14H14N4O2. The van der Waals surface area contributed by atoms with Crippen LogP contribution >= 0.6 is 0 Å². The number of hydrogen-bond donors (Lipinski definition) is 2. The molecule has 0 radical (unpaired) electrons. The van der Waals surface area contributed by atoms with Crippen molar-refractivity contribution in [1.29, 1.82) is 0 Å². The number of para-hydroxylation sites is 1. The van der Waals surface area contributed by atoms with Crippen LogP contribution in [0, 0.1) is 0 Å². The summed E-state index contributed by atoms with van der Waals surface area (Å²) < 4.78 is 1.45. The topological polar surface area (TPSA) is 79.8 Å². The second kappa shape index (κ2) is 4.80. The molecule has 0 aliphatic heterocycles. The van der Waals surface area contributed by atoms with Crippen molar-refractivity contribution in [1.82, 2.24) is 19.9 Å². The van der Waals surface area contributed by atoms with Crippen molar-refractivity contribution >= 4 is 27.8 Å². The predicted molar refractivity (Wildman–Crippen MR) is 76.5 cm³/mol. The number of nitrogens with one attached hydrogen (secondary N) is 2. The zero-order chi connectivity index (χ0) is 14.1. The van der Waals surface area contributed by atoms with E-state index < -0.39 is 0 Å². The number of hydrogen-bond acceptors (Lipinski definition) is 3. The van der Waals surface area contributed by atoms with Gasteiger partial charge in [-0.25, -0.2) is 4.98 Å². The first-order valence-electron chi connectivity index (χ1n) is 6.37. The molecule has 2 aromatic heterocycles. The number of rotatable bonds is 3. The fourth-order valence-corrected chi connectivity index (χ4v) is 2.25. The molecule has 0 atom stereocenters. The van der Waals surface area contributed by atoms with Gasteiger partial charge in [0.1, 0.15) is 11.0 Å². The number of carbonyl (C=O) groups is 1. The van der Waals surface area contributed by atoms with E-state index in [4.69, 9.17) is 0 Å². The summed E-state index contributed by atoms with van der Waals surface area (Å²) in [6, 6.07) is 7.65. The fourth-order valence-electron chi connectivity index (χ4n) is 2.25. The molecule has 3 rings (SSSR count). The fraction of sp³-hybridized carbons (Fsp3) is 0.214. The SMILES string of the molecule is CNC(=O)CCn1cnc2c([nH]c3ccccc32)c1=O. The van der Waals surface area contributed by atoms with E-state index in [1.165, 1.54) is 10.9 Å². The normalized spacial score (nSPS) is 11.1. The van der Waals surface area contributed by atoms with Gasteiger partial charge in [-0.3, -0.25) is 14.2 Å². The number of aryl methyl sites for hydroxylation is 1. The second-order valence-corrected chi connectivity index (χ2v) is 4.56. The predicted octanol–water partition coefficient (Wildman–Crippen LogP) is 1.01. The summed E-state index contributed by atoms with van der Waals surface area (Å²) in [5.74, 6) is -0.103. The van der Waals surface area contributed by atoms with Crippen LogP contribution in [-0.4, -0.2) is 27.5 Å². The van der Waals surface area contributed by atoms with Crippen molar-refractivity contribution in [3.05, 3.63) is 40.9 Å². The van der Waals surface area contributed by atoms with Crippen LogP contribution in [0.5, 0.6) is 0 Å². The van der Waals surface area contributed by atoms with E-state index >= 15 is 0 Å². The quantitative estimate of drug-likeness (QED) is 0.745. The number of fused-ring (bicyclic) bond motifs is 3. The van der Waals surface area contributed by atoms with Crippen LogP contribution in [-0.2, 0) is 11.3 Å². The molecule has 1 amide bonds. The third-order valence-corrected chi connectivity index (χ3v) is 3.34. The maximum absolute atomic E-state index is 12.4. The summed E-state index contributed by atoms with van der Waals surface area (Å²) in [6.07, 6.45) is 1.75. The Kier molecular flexibility index (Phi) is 2.98. The first kappa shape index (κ1) is 12.4. The lowest BCUT2D eigenvalue weighted by Crippen LogP contribution is -2.25. The van der Waals surface area contributed by atoms with Gasteiger partial charge < -0.3 is 10.3 Å². The first-order valence-corrected chi connectivity index (χ1v) is 6.37. The number of aromatic amines is 1. The summed E-state index contributed by atoms with van der Waals surface area (Å²) in [7, 11) is 1.57. The monoisotopic (exact) mass is 270 g/mol. The van der Waals surface area contributed by atoms with E-state index in [9.17, 15) is 9.59 Å². The zero-order valence-corrected chi connectivity index (χ0v) is 11.0. The molecule has 0 spiro atoms. The van der Waals surface area contributed by atoms with Gasteiger partial charge in [-0.15, -0.1) is 0 Å². The van der Waals surface area contributed by atoms with Crippen LogP contribution in [0.4, 0.5) is 0 Å². The molecule has 102 valence electrons. The highest BCUT2D eigenvalue weighted by Crippen LogP contribution is 2.20. The summed E-state index contributed by atoms with van der Waals surface area (Å²) in [5.41, 5.74) is 1.87. The molecule has 0 saturated heterocycles. The Hall–Kier alpha value is -2.63. The summed E-state index contributed by atoms with van der Waals surface area (Å²) in [4.78, 5) is 31.0. The van der Waals surface area contributed by atoms with Crippen molar-refractivity contribution in [3.8, 4) is 0 Å². The lowest BCUT2D eigenvalue weighted by atomic mass is 10.2. The Morgan fingerprint density at radius 3 is 3.00 bits per heavy atom. The van der Waals surface area contributed by atoms with Crippen LogP contribution in [0.15, 0.2) is 35.4 Å². The molecule has 3 aromatic rings. The molecule has 0 saturated carbocycles. The van der Waals surface area contributed by atoms with Gasteiger partial charge in [0.15, 0.2) is 0 Å². The van der Waals surface area contributed by atoms with Crippen LogP contribution in [0.1, 0.15) is 6.42 Å². The molecule has 0 fully saturated rings. The minimum atomic E-state index is -0.157.